The zero-order valence-corrected chi connectivity index (χ0v) is 26.8. The molecule has 0 bridgehead atoms. The van der Waals surface area contributed by atoms with Gasteiger partial charge in [-0.05, 0) is 60.0 Å². The van der Waals surface area contributed by atoms with Crippen molar-refractivity contribution in [2.24, 2.45) is 5.92 Å². The van der Waals surface area contributed by atoms with E-state index in [0.717, 1.165) is 55.0 Å². The molecule has 3 fully saturated rings. The van der Waals surface area contributed by atoms with Crippen LogP contribution < -0.4 is 15.0 Å². The maximum absolute atomic E-state index is 13.1. The van der Waals surface area contributed by atoms with E-state index in [2.05, 4.69) is 45.4 Å². The molecule has 5 heterocycles. The fourth-order valence-corrected chi connectivity index (χ4v) is 7.31. The number of methoxy groups -OCH3 is 1. The van der Waals surface area contributed by atoms with Crippen molar-refractivity contribution < 1.29 is 28.7 Å². The molecule has 4 amide bonds. The first-order valence-corrected chi connectivity index (χ1v) is 16.3. The minimum absolute atomic E-state index is 0.0931. The zero-order chi connectivity index (χ0) is 32.7. The van der Waals surface area contributed by atoms with Gasteiger partial charge in [-0.15, -0.1) is 0 Å². The molecule has 4 aliphatic rings. The van der Waals surface area contributed by atoms with Gasteiger partial charge in [-0.2, -0.15) is 0 Å². The molecule has 0 radical (unpaired) electrons. The van der Waals surface area contributed by atoms with Gasteiger partial charge in [0.2, 0.25) is 17.7 Å². The summed E-state index contributed by atoms with van der Waals surface area (Å²) in [6, 6.07) is 15.5. The molecular formula is C35H40N6O6. The molecule has 0 saturated carbocycles. The Bertz CT molecular complexity index is 1720. The SMILES string of the molecule is COC[C@@H]1CN(Cc2ccc3nc(N4CCN(C(C)=O)CC4)ccc3c2)C[C@H]1Oc1ccc2c(c1)CN(C1CCC(=O)NC1=O)C2=O. The zero-order valence-electron chi connectivity index (χ0n) is 26.8. The van der Waals surface area contributed by atoms with Gasteiger partial charge in [0.25, 0.3) is 5.91 Å². The van der Waals surface area contributed by atoms with Crippen molar-refractivity contribution in [3.63, 3.8) is 0 Å². The number of piperazine rings is 1. The van der Waals surface area contributed by atoms with E-state index in [-0.39, 0.29) is 36.2 Å². The molecule has 12 nitrogen and oxygen atoms in total. The lowest BCUT2D eigenvalue weighted by molar-refractivity contribution is -0.137. The summed E-state index contributed by atoms with van der Waals surface area (Å²) >= 11 is 0. The van der Waals surface area contributed by atoms with Gasteiger partial charge >= 0.3 is 0 Å². The lowest BCUT2D eigenvalue weighted by Gasteiger charge is -2.35. The number of piperidine rings is 1. The third-order valence-corrected chi connectivity index (χ3v) is 9.81. The normalized spacial score (nSPS) is 23.4. The number of nitrogens with zero attached hydrogens (tertiary/aromatic N) is 5. The van der Waals surface area contributed by atoms with Crippen LogP contribution in [0.1, 0.15) is 41.3 Å². The van der Waals surface area contributed by atoms with Crippen molar-refractivity contribution in [1.82, 2.24) is 25.0 Å². The molecule has 246 valence electrons. The van der Waals surface area contributed by atoms with Gasteiger partial charge in [-0.3, -0.25) is 29.4 Å². The molecule has 2 aromatic carbocycles. The number of benzene rings is 2. The van der Waals surface area contributed by atoms with Crippen molar-refractivity contribution >= 4 is 40.3 Å². The Kier molecular flexibility index (Phi) is 8.54. The first-order valence-electron chi connectivity index (χ1n) is 16.3. The van der Waals surface area contributed by atoms with E-state index in [1.807, 2.05) is 17.0 Å². The largest absolute Gasteiger partial charge is 0.489 e. The molecule has 1 aromatic heterocycles. The number of carbonyl (C=O) groups excluding carboxylic acids is 4. The highest BCUT2D eigenvalue weighted by Gasteiger charge is 2.40. The Morgan fingerprint density at radius 2 is 1.83 bits per heavy atom. The number of imide groups is 1. The quantitative estimate of drug-likeness (QED) is 0.369. The fourth-order valence-electron chi connectivity index (χ4n) is 7.31. The monoisotopic (exact) mass is 640 g/mol. The molecule has 1 unspecified atom stereocenters. The number of hydrogen-bond acceptors (Lipinski definition) is 9. The molecule has 3 aromatic rings. The number of hydrogen-bond donors (Lipinski definition) is 1. The second kappa shape index (κ2) is 12.9. The van der Waals surface area contributed by atoms with Crippen LogP contribution in [-0.4, -0.2) is 108 Å². The van der Waals surface area contributed by atoms with Crippen LogP contribution in [0, 0.1) is 5.92 Å². The minimum Gasteiger partial charge on any atom is -0.489 e. The van der Waals surface area contributed by atoms with Crippen LogP contribution >= 0.6 is 0 Å². The number of aromatic nitrogens is 1. The minimum atomic E-state index is -0.644. The number of ether oxygens (including phenoxy) is 2. The lowest BCUT2D eigenvalue weighted by atomic mass is 10.0. The van der Waals surface area contributed by atoms with Crippen LogP contribution in [0.15, 0.2) is 48.5 Å². The molecular weight excluding hydrogens is 600 g/mol. The van der Waals surface area contributed by atoms with Crippen molar-refractivity contribution in [2.75, 3.05) is 57.9 Å². The summed E-state index contributed by atoms with van der Waals surface area (Å²) in [4.78, 5) is 61.8. The van der Waals surface area contributed by atoms with Crippen LogP contribution in [0.3, 0.4) is 0 Å². The Balaban J connectivity index is 0.991. The van der Waals surface area contributed by atoms with Crippen molar-refractivity contribution in [3.8, 4) is 5.75 Å². The third-order valence-electron chi connectivity index (χ3n) is 9.81. The van der Waals surface area contributed by atoms with Crippen LogP contribution in [0.25, 0.3) is 10.9 Å². The number of nitrogens with one attached hydrogen (secondary N) is 1. The summed E-state index contributed by atoms with van der Waals surface area (Å²) in [5.41, 5.74) is 3.54. The number of pyridine rings is 1. The first-order chi connectivity index (χ1) is 22.7. The maximum Gasteiger partial charge on any atom is 0.255 e. The Morgan fingerprint density at radius 3 is 2.60 bits per heavy atom. The van der Waals surface area contributed by atoms with E-state index in [0.29, 0.717) is 44.0 Å². The van der Waals surface area contributed by atoms with Gasteiger partial charge in [0.15, 0.2) is 0 Å². The van der Waals surface area contributed by atoms with Crippen molar-refractivity contribution in [2.45, 2.75) is 45.0 Å². The number of rotatable bonds is 8. The number of fused-ring (bicyclic) bond motifs is 2. The average molecular weight is 641 g/mol. The highest BCUT2D eigenvalue weighted by molar-refractivity contribution is 6.05. The van der Waals surface area contributed by atoms with Gasteiger partial charge in [0.05, 0.1) is 12.1 Å². The highest BCUT2D eigenvalue weighted by atomic mass is 16.5. The topological polar surface area (TPSA) is 125 Å². The molecule has 3 atom stereocenters. The molecule has 0 aliphatic carbocycles. The van der Waals surface area contributed by atoms with Gasteiger partial charge in [0.1, 0.15) is 23.7 Å². The van der Waals surface area contributed by atoms with E-state index in [1.165, 1.54) is 5.56 Å². The summed E-state index contributed by atoms with van der Waals surface area (Å²) in [6.07, 6.45) is 0.465. The lowest BCUT2D eigenvalue weighted by Crippen LogP contribution is -2.52. The highest BCUT2D eigenvalue weighted by Crippen LogP contribution is 2.32. The van der Waals surface area contributed by atoms with E-state index >= 15 is 0 Å². The predicted molar refractivity (Wildman–Crippen MR) is 174 cm³/mol. The van der Waals surface area contributed by atoms with Gasteiger partial charge < -0.3 is 24.2 Å². The van der Waals surface area contributed by atoms with E-state index in [4.69, 9.17) is 14.5 Å². The van der Waals surface area contributed by atoms with Crippen LogP contribution in [0.2, 0.25) is 0 Å². The smallest absolute Gasteiger partial charge is 0.255 e. The fraction of sp³-hybridized carbons (Fsp3) is 0.457. The average Bonchev–Trinajstić information content (AvgIpc) is 3.59. The summed E-state index contributed by atoms with van der Waals surface area (Å²) in [6.45, 7) is 7.81. The van der Waals surface area contributed by atoms with Crippen LogP contribution in [-0.2, 0) is 32.2 Å². The van der Waals surface area contributed by atoms with Crippen LogP contribution in [0.5, 0.6) is 5.75 Å². The Morgan fingerprint density at radius 1 is 1.00 bits per heavy atom. The first kappa shape index (κ1) is 31.1. The maximum atomic E-state index is 13.1. The number of anilines is 1. The summed E-state index contributed by atoms with van der Waals surface area (Å²) < 4.78 is 12.1. The number of amides is 4. The molecule has 3 saturated heterocycles. The van der Waals surface area contributed by atoms with Crippen molar-refractivity contribution in [1.29, 1.82) is 0 Å². The standard InChI is InChI=1S/C35H40N6O6/c1-22(42)39-11-13-40(14-12-39)32-9-4-24-15-23(3-7-29(24)36-32)17-38-18-26(21-46-2)31(20-38)47-27-5-6-28-25(16-27)19-41(35(28)45)30-8-10-33(43)37-34(30)44/h3-7,9,15-16,26,30-31H,8,10-14,17-21H2,1-2H3,(H,37,43,44)/t26-,30?,31+/m0/s1. The molecule has 4 aliphatic heterocycles. The second-order valence-corrected chi connectivity index (χ2v) is 13.0. The number of carbonyl (C=O) groups is 4. The van der Waals surface area contributed by atoms with Gasteiger partial charge in [-0.1, -0.05) is 6.07 Å². The molecule has 7 rings (SSSR count). The molecule has 0 spiro atoms. The Labute approximate surface area is 273 Å². The third kappa shape index (κ3) is 6.39. The van der Waals surface area contributed by atoms with E-state index < -0.39 is 11.9 Å². The predicted octanol–water partition coefficient (Wildman–Crippen LogP) is 2.19. The summed E-state index contributed by atoms with van der Waals surface area (Å²) in [5.74, 6) is 1.00. The number of likely N-dealkylation sites (tertiary alicyclic amines) is 1. The van der Waals surface area contributed by atoms with E-state index in [1.54, 1.807) is 25.0 Å². The van der Waals surface area contributed by atoms with Gasteiger partial charge in [-0.25, -0.2) is 4.98 Å². The van der Waals surface area contributed by atoms with Crippen molar-refractivity contribution in [3.05, 3.63) is 65.2 Å². The summed E-state index contributed by atoms with van der Waals surface area (Å²) in [7, 11) is 1.71. The molecule has 12 heteroatoms. The summed E-state index contributed by atoms with van der Waals surface area (Å²) in [5, 5.41) is 3.44. The van der Waals surface area contributed by atoms with E-state index in [9.17, 15) is 19.2 Å². The Hall–Kier alpha value is -4.55. The molecule has 47 heavy (non-hydrogen) atoms. The van der Waals surface area contributed by atoms with Crippen LogP contribution in [0.4, 0.5) is 5.82 Å². The van der Waals surface area contributed by atoms with Gasteiger partial charge in [0, 0.05) is 89.7 Å². The molecule has 1 N–H and O–H groups in total. The second-order valence-electron chi connectivity index (χ2n) is 13.0.